The molecule has 2 unspecified atom stereocenters. The first-order valence-corrected chi connectivity index (χ1v) is 7.39. The number of piperidine rings is 1. The van der Waals surface area contributed by atoms with Gasteiger partial charge in [-0.25, -0.2) is 0 Å². The molecule has 2 rings (SSSR count). The van der Waals surface area contributed by atoms with Crippen molar-refractivity contribution in [1.82, 2.24) is 4.90 Å². The second-order valence-corrected chi connectivity index (χ2v) is 5.46. The fourth-order valence-electron chi connectivity index (χ4n) is 2.82. The molecule has 3 nitrogen and oxygen atoms in total. The van der Waals surface area contributed by atoms with Crippen molar-refractivity contribution >= 4 is 12.0 Å². The molecular formula is C17H23NO2. The lowest BCUT2D eigenvalue weighted by Gasteiger charge is -2.36. The number of carboxylic acid groups (broad SMARTS) is 1. The Labute approximate surface area is 120 Å². The number of nitrogens with zero attached hydrogens (tertiary/aromatic N) is 1. The number of carboxylic acids is 1. The number of aliphatic carboxylic acids is 1. The third-order valence-corrected chi connectivity index (χ3v) is 4.13. The van der Waals surface area contributed by atoms with Crippen molar-refractivity contribution in [3.63, 3.8) is 0 Å². The van der Waals surface area contributed by atoms with Gasteiger partial charge in [-0.3, -0.25) is 9.69 Å². The van der Waals surface area contributed by atoms with Gasteiger partial charge in [-0.15, -0.1) is 0 Å². The highest BCUT2D eigenvalue weighted by atomic mass is 16.4. The number of carbonyl (C=O) groups is 1. The van der Waals surface area contributed by atoms with E-state index in [0.717, 1.165) is 31.4 Å². The van der Waals surface area contributed by atoms with Gasteiger partial charge in [0.05, 0.1) is 0 Å². The zero-order valence-corrected chi connectivity index (χ0v) is 12.0. The molecule has 1 N–H and O–H groups in total. The Morgan fingerprint density at radius 3 is 2.80 bits per heavy atom. The minimum absolute atomic E-state index is 0.325. The van der Waals surface area contributed by atoms with Crippen LogP contribution < -0.4 is 0 Å². The van der Waals surface area contributed by atoms with Gasteiger partial charge in [0.1, 0.15) is 6.04 Å². The molecule has 1 aliphatic heterocycles. The quantitative estimate of drug-likeness (QED) is 0.895. The van der Waals surface area contributed by atoms with Gasteiger partial charge in [0, 0.05) is 6.54 Å². The van der Waals surface area contributed by atoms with Crippen molar-refractivity contribution in [1.29, 1.82) is 0 Å². The zero-order valence-electron chi connectivity index (χ0n) is 12.0. The van der Waals surface area contributed by atoms with Gasteiger partial charge < -0.3 is 5.11 Å². The van der Waals surface area contributed by atoms with Gasteiger partial charge in [-0.1, -0.05) is 55.8 Å². The molecule has 1 fully saturated rings. The molecule has 1 aromatic carbocycles. The molecule has 0 amide bonds. The first kappa shape index (κ1) is 14.8. The molecule has 0 aliphatic carbocycles. The van der Waals surface area contributed by atoms with Crippen LogP contribution in [-0.2, 0) is 4.79 Å². The summed E-state index contributed by atoms with van der Waals surface area (Å²) in [5.74, 6) is -0.123. The van der Waals surface area contributed by atoms with Gasteiger partial charge >= 0.3 is 5.97 Å². The van der Waals surface area contributed by atoms with Gasteiger partial charge in [0.2, 0.25) is 0 Å². The Bertz CT molecular complexity index is 455. The summed E-state index contributed by atoms with van der Waals surface area (Å²) in [5, 5.41) is 9.37. The third kappa shape index (κ3) is 3.94. The largest absolute Gasteiger partial charge is 0.480 e. The van der Waals surface area contributed by atoms with Crippen molar-refractivity contribution < 1.29 is 9.90 Å². The molecule has 0 radical (unpaired) electrons. The second kappa shape index (κ2) is 7.25. The molecule has 1 aromatic rings. The van der Waals surface area contributed by atoms with E-state index in [0.29, 0.717) is 12.5 Å². The summed E-state index contributed by atoms with van der Waals surface area (Å²) in [7, 11) is 0. The Hall–Kier alpha value is -1.61. The van der Waals surface area contributed by atoms with Crippen molar-refractivity contribution in [2.24, 2.45) is 5.92 Å². The van der Waals surface area contributed by atoms with Crippen LogP contribution in [0.25, 0.3) is 6.08 Å². The van der Waals surface area contributed by atoms with Crippen LogP contribution in [0.1, 0.15) is 31.7 Å². The van der Waals surface area contributed by atoms with E-state index in [-0.39, 0.29) is 6.04 Å². The second-order valence-electron chi connectivity index (χ2n) is 5.46. The normalized spacial score (nSPS) is 24.1. The minimum atomic E-state index is -0.684. The number of rotatable bonds is 5. The SMILES string of the molecule is CCC1CCN(C/C=C/c2ccccc2)C(C(=O)O)C1. The summed E-state index contributed by atoms with van der Waals surface area (Å²) in [6.45, 7) is 3.74. The van der Waals surface area contributed by atoms with E-state index < -0.39 is 5.97 Å². The maximum atomic E-state index is 11.4. The smallest absolute Gasteiger partial charge is 0.320 e. The molecule has 108 valence electrons. The lowest BCUT2D eigenvalue weighted by Crippen LogP contribution is -2.47. The number of likely N-dealkylation sites (tertiary alicyclic amines) is 1. The monoisotopic (exact) mass is 273 g/mol. The predicted octanol–water partition coefficient (Wildman–Crippen LogP) is 3.28. The Morgan fingerprint density at radius 1 is 1.40 bits per heavy atom. The van der Waals surface area contributed by atoms with Crippen LogP contribution in [0, 0.1) is 5.92 Å². The van der Waals surface area contributed by atoms with Gasteiger partial charge in [0.25, 0.3) is 0 Å². The highest BCUT2D eigenvalue weighted by molar-refractivity contribution is 5.73. The van der Waals surface area contributed by atoms with E-state index in [4.69, 9.17) is 0 Å². The molecular weight excluding hydrogens is 250 g/mol. The fourth-order valence-corrected chi connectivity index (χ4v) is 2.82. The summed E-state index contributed by atoms with van der Waals surface area (Å²) in [4.78, 5) is 13.5. The number of hydrogen-bond donors (Lipinski definition) is 1. The zero-order chi connectivity index (χ0) is 14.4. The molecule has 1 aliphatic rings. The summed E-state index contributed by atoms with van der Waals surface area (Å²) in [6, 6.07) is 9.78. The topological polar surface area (TPSA) is 40.5 Å². The lowest BCUT2D eigenvalue weighted by atomic mass is 9.89. The molecule has 0 spiro atoms. The molecule has 1 heterocycles. The number of hydrogen-bond acceptors (Lipinski definition) is 2. The lowest BCUT2D eigenvalue weighted by molar-refractivity contribution is -0.145. The van der Waals surface area contributed by atoms with Crippen molar-refractivity contribution in [3.05, 3.63) is 42.0 Å². The van der Waals surface area contributed by atoms with Crippen molar-refractivity contribution in [2.45, 2.75) is 32.2 Å². The average molecular weight is 273 g/mol. The maximum Gasteiger partial charge on any atom is 0.320 e. The van der Waals surface area contributed by atoms with E-state index in [2.05, 4.69) is 36.1 Å². The molecule has 2 atom stereocenters. The van der Waals surface area contributed by atoms with E-state index >= 15 is 0 Å². The minimum Gasteiger partial charge on any atom is -0.480 e. The van der Waals surface area contributed by atoms with Crippen LogP contribution in [0.3, 0.4) is 0 Å². The Morgan fingerprint density at radius 2 is 2.15 bits per heavy atom. The van der Waals surface area contributed by atoms with Gasteiger partial charge in [-0.2, -0.15) is 0 Å². The van der Waals surface area contributed by atoms with Crippen LogP contribution in [-0.4, -0.2) is 35.1 Å². The molecule has 0 bridgehead atoms. The number of benzene rings is 1. The summed E-state index contributed by atoms with van der Waals surface area (Å²) >= 11 is 0. The van der Waals surface area contributed by atoms with Gasteiger partial charge in [-0.05, 0) is 30.9 Å². The molecule has 0 aromatic heterocycles. The molecule has 1 saturated heterocycles. The van der Waals surface area contributed by atoms with Crippen LogP contribution in [0.15, 0.2) is 36.4 Å². The van der Waals surface area contributed by atoms with Crippen LogP contribution >= 0.6 is 0 Å². The molecule has 3 heteroatoms. The first-order valence-electron chi connectivity index (χ1n) is 7.39. The fraction of sp³-hybridized carbons (Fsp3) is 0.471. The molecule has 0 saturated carbocycles. The summed E-state index contributed by atoms with van der Waals surface area (Å²) in [6.07, 6.45) is 7.10. The Balaban J connectivity index is 1.94. The van der Waals surface area contributed by atoms with E-state index in [1.807, 2.05) is 18.2 Å². The van der Waals surface area contributed by atoms with E-state index in [1.54, 1.807) is 0 Å². The van der Waals surface area contributed by atoms with E-state index in [9.17, 15) is 9.90 Å². The Kier molecular flexibility index (Phi) is 5.36. The molecule has 20 heavy (non-hydrogen) atoms. The highest BCUT2D eigenvalue weighted by Crippen LogP contribution is 2.25. The van der Waals surface area contributed by atoms with Gasteiger partial charge in [0.15, 0.2) is 0 Å². The summed E-state index contributed by atoms with van der Waals surface area (Å²) in [5.41, 5.74) is 1.16. The van der Waals surface area contributed by atoms with Crippen molar-refractivity contribution in [2.75, 3.05) is 13.1 Å². The van der Waals surface area contributed by atoms with Crippen LogP contribution in [0.5, 0.6) is 0 Å². The third-order valence-electron chi connectivity index (χ3n) is 4.13. The van der Waals surface area contributed by atoms with E-state index in [1.165, 1.54) is 0 Å². The van der Waals surface area contributed by atoms with Crippen molar-refractivity contribution in [3.8, 4) is 0 Å². The summed E-state index contributed by atoms with van der Waals surface area (Å²) < 4.78 is 0. The maximum absolute atomic E-state index is 11.4. The first-order chi connectivity index (χ1) is 9.70. The van der Waals surface area contributed by atoms with Crippen LogP contribution in [0.2, 0.25) is 0 Å². The standard InChI is InChI=1S/C17H23NO2/c1-2-14-10-12-18(16(13-14)17(19)20)11-6-9-15-7-4-3-5-8-15/h3-9,14,16H,2,10-13H2,1H3,(H,19,20)/b9-6+. The predicted molar refractivity (Wildman–Crippen MR) is 81.5 cm³/mol. The van der Waals surface area contributed by atoms with Crippen LogP contribution in [0.4, 0.5) is 0 Å². The highest BCUT2D eigenvalue weighted by Gasteiger charge is 2.31. The average Bonchev–Trinajstić information content (AvgIpc) is 2.48.